The van der Waals surface area contributed by atoms with Gasteiger partial charge < -0.3 is 4.74 Å². The summed E-state index contributed by atoms with van der Waals surface area (Å²) in [6.07, 6.45) is 2.24. The molecule has 1 heterocycles. The lowest BCUT2D eigenvalue weighted by Gasteiger charge is -2.18. The fraction of sp³-hybridized carbons (Fsp3) is 0.182. The Morgan fingerprint density at radius 3 is 2.47 bits per heavy atom. The third-order valence-electron chi connectivity index (χ3n) is 4.88. The van der Waals surface area contributed by atoms with Crippen molar-refractivity contribution in [1.82, 2.24) is 0 Å². The number of nitro groups is 1. The lowest BCUT2D eigenvalue weighted by molar-refractivity contribution is -0.384. The summed E-state index contributed by atoms with van der Waals surface area (Å²) in [4.78, 5) is 37.7. The second-order valence-corrected chi connectivity index (χ2v) is 7.04. The van der Waals surface area contributed by atoms with E-state index in [2.05, 4.69) is 0 Å². The summed E-state index contributed by atoms with van der Waals surface area (Å²) < 4.78 is 4.88. The van der Waals surface area contributed by atoms with Gasteiger partial charge in [0.15, 0.2) is 0 Å². The third-order valence-corrected chi connectivity index (χ3v) is 5.23. The first kappa shape index (κ1) is 21.3. The number of carbonyl (C=O) groups excluding carboxylic acids is 2. The van der Waals surface area contributed by atoms with E-state index in [-0.39, 0.29) is 27.4 Å². The number of aryl methyl sites for hydroxylation is 1. The molecule has 2 aromatic rings. The molecule has 0 spiro atoms. The van der Waals surface area contributed by atoms with Crippen LogP contribution in [0, 0.1) is 10.1 Å². The molecule has 7 nitrogen and oxygen atoms in total. The molecule has 0 saturated heterocycles. The first-order chi connectivity index (χ1) is 14.3. The van der Waals surface area contributed by atoms with Crippen LogP contribution >= 0.6 is 11.6 Å². The second-order valence-electron chi connectivity index (χ2n) is 6.63. The number of allylic oxidation sites excluding steroid dienone is 1. The van der Waals surface area contributed by atoms with E-state index in [1.54, 1.807) is 19.1 Å². The molecular formula is C22H19ClN2O5. The number of amides is 1. The van der Waals surface area contributed by atoms with Crippen LogP contribution in [0.15, 0.2) is 59.3 Å². The van der Waals surface area contributed by atoms with Crippen molar-refractivity contribution in [3.05, 3.63) is 85.6 Å². The second kappa shape index (κ2) is 8.51. The minimum atomic E-state index is -0.679. The molecule has 0 N–H and O–H groups in total. The standard InChI is InChI=1S/C22H19ClN2O5/c1-4-14-5-7-16(8-6-14)24-13(2)20(22(27)30-3)18(21(24)26)12-15-11-17(25(28)29)9-10-19(15)23/h5-12H,4H2,1-3H3/b18-12-. The summed E-state index contributed by atoms with van der Waals surface area (Å²) in [5.74, 6) is -1.12. The van der Waals surface area contributed by atoms with Crippen LogP contribution < -0.4 is 4.90 Å². The van der Waals surface area contributed by atoms with Gasteiger partial charge >= 0.3 is 5.97 Å². The number of hydrogen-bond acceptors (Lipinski definition) is 5. The topological polar surface area (TPSA) is 89.8 Å². The van der Waals surface area contributed by atoms with Gasteiger partial charge in [-0.2, -0.15) is 0 Å². The number of ether oxygens (including phenoxy) is 1. The maximum atomic E-state index is 13.3. The van der Waals surface area contributed by atoms with E-state index in [0.29, 0.717) is 11.4 Å². The van der Waals surface area contributed by atoms with Gasteiger partial charge in [0.05, 0.1) is 23.2 Å². The van der Waals surface area contributed by atoms with Crippen LogP contribution in [0.4, 0.5) is 11.4 Å². The van der Waals surface area contributed by atoms with Crippen molar-refractivity contribution in [3.63, 3.8) is 0 Å². The first-order valence-corrected chi connectivity index (χ1v) is 9.54. The van der Waals surface area contributed by atoms with Crippen LogP contribution in [-0.2, 0) is 20.7 Å². The summed E-state index contributed by atoms with van der Waals surface area (Å²) >= 11 is 6.19. The van der Waals surface area contributed by atoms with Gasteiger partial charge in [0.1, 0.15) is 0 Å². The number of methoxy groups -OCH3 is 1. The van der Waals surface area contributed by atoms with E-state index in [4.69, 9.17) is 16.3 Å². The molecule has 3 rings (SSSR count). The summed E-state index contributed by atoms with van der Waals surface area (Å²) in [6.45, 7) is 3.67. The molecule has 8 heteroatoms. The number of esters is 1. The highest BCUT2D eigenvalue weighted by Gasteiger charge is 2.38. The lowest BCUT2D eigenvalue weighted by atomic mass is 10.0. The normalized spacial score (nSPS) is 15.1. The van der Waals surface area contributed by atoms with Gasteiger partial charge in [-0.05, 0) is 43.2 Å². The minimum Gasteiger partial charge on any atom is -0.465 e. The number of rotatable bonds is 5. The molecule has 0 bridgehead atoms. The van der Waals surface area contributed by atoms with Gasteiger partial charge in [-0.25, -0.2) is 4.79 Å². The van der Waals surface area contributed by atoms with Crippen LogP contribution in [0.1, 0.15) is 25.0 Å². The van der Waals surface area contributed by atoms with Crippen molar-refractivity contribution in [3.8, 4) is 0 Å². The quantitative estimate of drug-likeness (QED) is 0.299. The number of non-ortho nitro benzene ring substituents is 1. The third kappa shape index (κ3) is 3.84. The van der Waals surface area contributed by atoms with E-state index in [1.165, 1.54) is 36.3 Å². The Hall–Kier alpha value is -3.45. The van der Waals surface area contributed by atoms with Gasteiger partial charge in [-0.3, -0.25) is 19.8 Å². The molecule has 30 heavy (non-hydrogen) atoms. The molecule has 0 fully saturated rings. The summed E-state index contributed by atoms with van der Waals surface area (Å²) in [5.41, 5.74) is 2.34. The van der Waals surface area contributed by atoms with Crippen LogP contribution in [-0.4, -0.2) is 23.9 Å². The molecule has 0 saturated carbocycles. The number of nitrogens with zero attached hydrogens (tertiary/aromatic N) is 2. The van der Waals surface area contributed by atoms with Gasteiger partial charge in [0.2, 0.25) is 0 Å². The Kier molecular flexibility index (Phi) is 6.03. The molecular weight excluding hydrogens is 408 g/mol. The number of benzene rings is 2. The number of hydrogen-bond donors (Lipinski definition) is 0. The van der Waals surface area contributed by atoms with Crippen LogP contribution in [0.2, 0.25) is 5.02 Å². The van der Waals surface area contributed by atoms with Gasteiger partial charge in [-0.1, -0.05) is 30.7 Å². The largest absolute Gasteiger partial charge is 0.465 e. The van der Waals surface area contributed by atoms with E-state index in [1.807, 2.05) is 19.1 Å². The van der Waals surface area contributed by atoms with Crippen LogP contribution in [0.5, 0.6) is 0 Å². The van der Waals surface area contributed by atoms with Gasteiger partial charge in [-0.15, -0.1) is 0 Å². The zero-order valence-electron chi connectivity index (χ0n) is 16.6. The fourth-order valence-electron chi connectivity index (χ4n) is 3.28. The highest BCUT2D eigenvalue weighted by Crippen LogP contribution is 2.36. The zero-order valence-corrected chi connectivity index (χ0v) is 17.4. The molecule has 0 atom stereocenters. The minimum absolute atomic E-state index is 0.0568. The van der Waals surface area contributed by atoms with Crippen molar-refractivity contribution in [2.24, 2.45) is 0 Å². The maximum Gasteiger partial charge on any atom is 0.340 e. The molecule has 0 aromatic heterocycles. The smallest absolute Gasteiger partial charge is 0.340 e. The molecule has 1 aliphatic heterocycles. The number of halogens is 1. The Morgan fingerprint density at radius 1 is 1.23 bits per heavy atom. The van der Waals surface area contributed by atoms with Crippen molar-refractivity contribution >= 4 is 40.9 Å². The van der Waals surface area contributed by atoms with Gasteiger partial charge in [0.25, 0.3) is 11.6 Å². The summed E-state index contributed by atoms with van der Waals surface area (Å²) in [5, 5.41) is 11.3. The predicted molar refractivity (Wildman–Crippen MR) is 114 cm³/mol. The molecule has 0 radical (unpaired) electrons. The van der Waals surface area contributed by atoms with Crippen molar-refractivity contribution in [2.75, 3.05) is 12.0 Å². The van der Waals surface area contributed by atoms with Crippen molar-refractivity contribution in [2.45, 2.75) is 20.3 Å². The zero-order chi connectivity index (χ0) is 22.0. The van der Waals surface area contributed by atoms with E-state index in [0.717, 1.165) is 12.0 Å². The average Bonchev–Trinajstić information content (AvgIpc) is 2.98. The molecule has 0 unspecified atom stereocenters. The number of nitro benzene ring substituents is 1. The van der Waals surface area contributed by atoms with E-state index >= 15 is 0 Å². The lowest BCUT2D eigenvalue weighted by Crippen LogP contribution is -2.24. The summed E-state index contributed by atoms with van der Waals surface area (Å²) in [7, 11) is 1.23. The molecule has 2 aromatic carbocycles. The maximum absolute atomic E-state index is 13.3. The van der Waals surface area contributed by atoms with Crippen molar-refractivity contribution < 1.29 is 19.2 Å². The predicted octanol–water partition coefficient (Wildman–Crippen LogP) is 4.69. The molecule has 0 aliphatic carbocycles. The highest BCUT2D eigenvalue weighted by atomic mass is 35.5. The van der Waals surface area contributed by atoms with Crippen LogP contribution in [0.25, 0.3) is 6.08 Å². The van der Waals surface area contributed by atoms with E-state index in [9.17, 15) is 19.7 Å². The Morgan fingerprint density at radius 2 is 1.90 bits per heavy atom. The number of anilines is 1. The Balaban J connectivity index is 2.15. The van der Waals surface area contributed by atoms with Gasteiger partial charge in [0, 0.05) is 34.1 Å². The number of carbonyl (C=O) groups is 2. The Bertz CT molecular complexity index is 1100. The fourth-order valence-corrected chi connectivity index (χ4v) is 3.45. The van der Waals surface area contributed by atoms with Crippen LogP contribution in [0.3, 0.4) is 0 Å². The summed E-state index contributed by atoms with van der Waals surface area (Å²) in [6, 6.07) is 11.3. The highest BCUT2D eigenvalue weighted by molar-refractivity contribution is 6.32. The van der Waals surface area contributed by atoms with E-state index < -0.39 is 16.8 Å². The SMILES string of the molecule is CCc1ccc(N2C(=O)/C(=C\c3cc([N+](=O)[O-])ccc3Cl)C(C(=O)OC)=C2C)cc1. The average molecular weight is 427 g/mol. The first-order valence-electron chi connectivity index (χ1n) is 9.17. The monoisotopic (exact) mass is 426 g/mol. The van der Waals surface area contributed by atoms with Crippen molar-refractivity contribution in [1.29, 1.82) is 0 Å². The molecule has 1 amide bonds. The molecule has 154 valence electrons. The molecule has 1 aliphatic rings. The Labute approximate surface area is 178 Å².